The summed E-state index contributed by atoms with van der Waals surface area (Å²) in [6.45, 7) is 5.47. The Balaban J connectivity index is 1.54. The van der Waals surface area contributed by atoms with Gasteiger partial charge in [0.05, 0.1) is 22.2 Å². The number of halogens is 3. The summed E-state index contributed by atoms with van der Waals surface area (Å²) in [4.78, 5) is 21.4. The van der Waals surface area contributed by atoms with Crippen LogP contribution in [0.25, 0.3) is 11.0 Å². The van der Waals surface area contributed by atoms with E-state index in [-0.39, 0.29) is 5.91 Å². The SMILES string of the molecule is Cc1cc(C(=O)N2CCN(c3cccc(C(F)(F)F)c3)CC2)c2c(C)nn(C)c2n1. The summed E-state index contributed by atoms with van der Waals surface area (Å²) in [5.41, 5.74) is 2.55. The van der Waals surface area contributed by atoms with Gasteiger partial charge < -0.3 is 9.80 Å². The zero-order valence-electron chi connectivity index (χ0n) is 17.0. The molecule has 1 aliphatic rings. The average molecular weight is 417 g/mol. The number of carbonyl (C=O) groups excluding carboxylic acids is 1. The largest absolute Gasteiger partial charge is 0.416 e. The topological polar surface area (TPSA) is 54.3 Å². The monoisotopic (exact) mass is 417 g/mol. The second-order valence-corrected chi connectivity index (χ2v) is 7.55. The van der Waals surface area contributed by atoms with E-state index in [0.717, 1.165) is 28.9 Å². The minimum Gasteiger partial charge on any atom is -0.368 e. The van der Waals surface area contributed by atoms with Crippen molar-refractivity contribution >= 4 is 22.6 Å². The standard InChI is InChI=1S/C21H22F3N5O/c1-13-11-17(18-14(2)26-27(3)19(18)25-13)20(30)29-9-7-28(8-10-29)16-6-4-5-15(12-16)21(22,23)24/h4-6,11-12H,7-10H2,1-3H3. The zero-order valence-corrected chi connectivity index (χ0v) is 17.0. The first-order chi connectivity index (χ1) is 14.1. The molecule has 3 aromatic rings. The second kappa shape index (κ2) is 7.30. The smallest absolute Gasteiger partial charge is 0.368 e. The van der Waals surface area contributed by atoms with Crippen molar-refractivity contribution in [2.24, 2.45) is 7.05 Å². The van der Waals surface area contributed by atoms with Gasteiger partial charge in [-0.05, 0) is 38.1 Å². The van der Waals surface area contributed by atoms with Crippen LogP contribution in [0.2, 0.25) is 0 Å². The molecule has 30 heavy (non-hydrogen) atoms. The summed E-state index contributed by atoms with van der Waals surface area (Å²) in [7, 11) is 1.80. The summed E-state index contributed by atoms with van der Waals surface area (Å²) < 4.78 is 40.7. The number of benzene rings is 1. The Morgan fingerprint density at radius 3 is 2.43 bits per heavy atom. The molecule has 0 atom stereocenters. The average Bonchev–Trinajstić information content (AvgIpc) is 3.00. The molecule has 4 rings (SSSR count). The van der Waals surface area contributed by atoms with E-state index in [1.165, 1.54) is 6.07 Å². The summed E-state index contributed by atoms with van der Waals surface area (Å²) >= 11 is 0. The highest BCUT2D eigenvalue weighted by Crippen LogP contribution is 2.32. The summed E-state index contributed by atoms with van der Waals surface area (Å²) in [6.07, 6.45) is -4.38. The molecule has 0 bridgehead atoms. The van der Waals surface area contributed by atoms with Crippen LogP contribution in [0, 0.1) is 13.8 Å². The molecule has 0 unspecified atom stereocenters. The minimum absolute atomic E-state index is 0.106. The van der Waals surface area contributed by atoms with E-state index >= 15 is 0 Å². The molecule has 9 heteroatoms. The first-order valence-electron chi connectivity index (χ1n) is 9.67. The number of aryl methyl sites for hydroxylation is 3. The highest BCUT2D eigenvalue weighted by Gasteiger charge is 2.31. The van der Waals surface area contributed by atoms with Crippen molar-refractivity contribution in [2.75, 3.05) is 31.1 Å². The number of hydrogen-bond acceptors (Lipinski definition) is 4. The number of aromatic nitrogens is 3. The van der Waals surface area contributed by atoms with E-state index in [9.17, 15) is 18.0 Å². The van der Waals surface area contributed by atoms with Crippen LogP contribution in [0.5, 0.6) is 0 Å². The second-order valence-electron chi connectivity index (χ2n) is 7.55. The lowest BCUT2D eigenvalue weighted by molar-refractivity contribution is -0.137. The van der Waals surface area contributed by atoms with Crippen LogP contribution in [0.4, 0.5) is 18.9 Å². The van der Waals surface area contributed by atoms with E-state index < -0.39 is 11.7 Å². The van der Waals surface area contributed by atoms with Crippen molar-refractivity contribution in [2.45, 2.75) is 20.0 Å². The molecule has 1 aromatic carbocycles. The number of pyridine rings is 1. The number of carbonyl (C=O) groups is 1. The number of nitrogens with zero attached hydrogens (tertiary/aromatic N) is 5. The van der Waals surface area contributed by atoms with E-state index in [1.54, 1.807) is 28.8 Å². The maximum Gasteiger partial charge on any atom is 0.416 e. The van der Waals surface area contributed by atoms with Gasteiger partial charge >= 0.3 is 6.18 Å². The number of piperazine rings is 1. The lowest BCUT2D eigenvalue weighted by atomic mass is 10.1. The Kier molecular flexibility index (Phi) is 4.91. The maximum atomic E-state index is 13.3. The van der Waals surface area contributed by atoms with Gasteiger partial charge in [-0.2, -0.15) is 18.3 Å². The van der Waals surface area contributed by atoms with Crippen LogP contribution in [0.1, 0.15) is 27.3 Å². The molecule has 0 spiro atoms. The molecule has 6 nitrogen and oxygen atoms in total. The molecule has 0 saturated carbocycles. The van der Waals surface area contributed by atoms with Crippen molar-refractivity contribution in [3.05, 3.63) is 52.8 Å². The Labute approximate surface area is 171 Å². The number of anilines is 1. The van der Waals surface area contributed by atoms with Crippen LogP contribution in [-0.4, -0.2) is 51.8 Å². The third-order valence-electron chi connectivity index (χ3n) is 5.43. The van der Waals surface area contributed by atoms with E-state index in [2.05, 4.69) is 10.1 Å². The van der Waals surface area contributed by atoms with Gasteiger partial charge in [0.25, 0.3) is 5.91 Å². The normalized spacial score (nSPS) is 15.1. The van der Waals surface area contributed by atoms with Crippen LogP contribution < -0.4 is 4.90 Å². The number of fused-ring (bicyclic) bond motifs is 1. The number of hydrogen-bond donors (Lipinski definition) is 0. The molecule has 0 aliphatic carbocycles. The first-order valence-corrected chi connectivity index (χ1v) is 9.67. The quantitative estimate of drug-likeness (QED) is 0.640. The van der Waals surface area contributed by atoms with Crippen molar-refractivity contribution in [3.8, 4) is 0 Å². The van der Waals surface area contributed by atoms with Gasteiger partial charge in [0, 0.05) is 44.6 Å². The van der Waals surface area contributed by atoms with Gasteiger partial charge in [-0.3, -0.25) is 9.48 Å². The van der Waals surface area contributed by atoms with Gasteiger partial charge in [0.1, 0.15) is 0 Å². The lowest BCUT2D eigenvalue weighted by Gasteiger charge is -2.36. The predicted molar refractivity (Wildman–Crippen MR) is 108 cm³/mol. The van der Waals surface area contributed by atoms with Crippen LogP contribution in [0.15, 0.2) is 30.3 Å². The maximum absolute atomic E-state index is 13.3. The molecule has 1 aliphatic heterocycles. The highest BCUT2D eigenvalue weighted by molar-refractivity contribution is 6.06. The molecule has 0 radical (unpaired) electrons. The Morgan fingerprint density at radius 1 is 1.07 bits per heavy atom. The lowest BCUT2D eigenvalue weighted by Crippen LogP contribution is -2.48. The Bertz CT molecular complexity index is 1110. The highest BCUT2D eigenvalue weighted by atomic mass is 19.4. The van der Waals surface area contributed by atoms with Gasteiger partial charge in [-0.25, -0.2) is 4.98 Å². The van der Waals surface area contributed by atoms with Gasteiger partial charge in [-0.15, -0.1) is 0 Å². The van der Waals surface area contributed by atoms with Crippen molar-refractivity contribution in [3.63, 3.8) is 0 Å². The summed E-state index contributed by atoms with van der Waals surface area (Å²) in [5.74, 6) is -0.106. The van der Waals surface area contributed by atoms with Gasteiger partial charge in [0.15, 0.2) is 5.65 Å². The van der Waals surface area contributed by atoms with Crippen molar-refractivity contribution in [1.82, 2.24) is 19.7 Å². The number of rotatable bonds is 2. The molecule has 2 aromatic heterocycles. The minimum atomic E-state index is -4.38. The predicted octanol–water partition coefficient (Wildman–Crippen LogP) is 3.57. The molecular formula is C21H22F3N5O. The van der Waals surface area contributed by atoms with E-state index in [0.29, 0.717) is 43.1 Å². The van der Waals surface area contributed by atoms with Gasteiger partial charge in [-0.1, -0.05) is 6.07 Å². The summed E-state index contributed by atoms with van der Waals surface area (Å²) in [6, 6.07) is 7.08. The van der Waals surface area contributed by atoms with Crippen LogP contribution >= 0.6 is 0 Å². The third-order valence-corrected chi connectivity index (χ3v) is 5.43. The van der Waals surface area contributed by atoms with Crippen LogP contribution in [-0.2, 0) is 13.2 Å². The number of amides is 1. The molecule has 1 fully saturated rings. The van der Waals surface area contributed by atoms with Crippen molar-refractivity contribution < 1.29 is 18.0 Å². The van der Waals surface area contributed by atoms with Gasteiger partial charge in [0.2, 0.25) is 0 Å². The zero-order chi connectivity index (χ0) is 21.6. The van der Waals surface area contributed by atoms with E-state index in [1.807, 2.05) is 18.7 Å². The van der Waals surface area contributed by atoms with Crippen LogP contribution in [0.3, 0.4) is 0 Å². The first kappa shape index (κ1) is 20.2. The third kappa shape index (κ3) is 3.59. The molecular weight excluding hydrogens is 395 g/mol. The molecule has 3 heterocycles. The van der Waals surface area contributed by atoms with Crippen molar-refractivity contribution in [1.29, 1.82) is 0 Å². The van der Waals surface area contributed by atoms with E-state index in [4.69, 9.17) is 0 Å². The molecule has 0 N–H and O–H groups in total. The molecule has 1 amide bonds. The Morgan fingerprint density at radius 2 is 1.77 bits per heavy atom. The number of alkyl halides is 3. The fraction of sp³-hybridized carbons (Fsp3) is 0.381. The molecule has 1 saturated heterocycles. The summed E-state index contributed by atoms with van der Waals surface area (Å²) in [5, 5.41) is 5.13. The molecule has 158 valence electrons. The Hall–Kier alpha value is -3.10. The fourth-order valence-corrected chi connectivity index (χ4v) is 3.96. The fourth-order valence-electron chi connectivity index (χ4n) is 3.96.